The van der Waals surface area contributed by atoms with Crippen LogP contribution in [0, 0.1) is 10.1 Å². The first kappa shape index (κ1) is 17.1. The Kier molecular flexibility index (Phi) is 4.55. The van der Waals surface area contributed by atoms with Gasteiger partial charge in [0.2, 0.25) is 5.16 Å². The van der Waals surface area contributed by atoms with Gasteiger partial charge >= 0.3 is 0 Å². The number of benzene rings is 2. The van der Waals surface area contributed by atoms with E-state index < -0.39 is 14.8 Å². The van der Waals surface area contributed by atoms with E-state index in [-0.39, 0.29) is 15.5 Å². The summed E-state index contributed by atoms with van der Waals surface area (Å²) in [7, 11) is -3.53. The molecule has 0 radical (unpaired) electrons. The van der Waals surface area contributed by atoms with Gasteiger partial charge in [0.05, 0.1) is 14.7 Å². The average molecular weight is 376 g/mol. The Balaban J connectivity index is 1.93. The summed E-state index contributed by atoms with van der Waals surface area (Å²) in [5.74, 6) is 0.540. The number of nitro groups is 1. The minimum atomic E-state index is -3.53. The summed E-state index contributed by atoms with van der Waals surface area (Å²) < 4.78 is 23.2. The number of H-pyrrole nitrogens is 1. The van der Waals surface area contributed by atoms with Gasteiger partial charge in [-0.05, 0) is 23.9 Å². The van der Waals surface area contributed by atoms with Crippen LogP contribution in [-0.4, -0.2) is 34.8 Å². The molecule has 8 nitrogen and oxygen atoms in total. The van der Waals surface area contributed by atoms with Crippen LogP contribution in [0.15, 0.2) is 63.5 Å². The Morgan fingerprint density at radius 3 is 2.52 bits per heavy atom. The van der Waals surface area contributed by atoms with Crippen LogP contribution in [0.1, 0.15) is 0 Å². The zero-order valence-electron chi connectivity index (χ0n) is 12.9. The number of nitro benzene ring substituents is 1. The monoisotopic (exact) mass is 376 g/mol. The van der Waals surface area contributed by atoms with E-state index >= 15 is 0 Å². The number of hydrogen-bond donors (Lipinski definition) is 1. The lowest BCUT2D eigenvalue weighted by molar-refractivity contribution is -0.388. The summed E-state index contributed by atoms with van der Waals surface area (Å²) in [6.45, 7) is 0. The highest BCUT2D eigenvalue weighted by Gasteiger charge is 2.21. The summed E-state index contributed by atoms with van der Waals surface area (Å²) in [6, 6.07) is 13.1. The fraction of sp³-hybridized carbons (Fsp3) is 0.0667. The number of hydrogen-bond acceptors (Lipinski definition) is 7. The number of nitrogens with zero attached hydrogens (tertiary/aromatic N) is 3. The first-order chi connectivity index (χ1) is 11.8. The molecule has 0 spiro atoms. The molecule has 3 aromatic rings. The van der Waals surface area contributed by atoms with Gasteiger partial charge in [0.25, 0.3) is 5.69 Å². The van der Waals surface area contributed by atoms with Gasteiger partial charge in [-0.1, -0.05) is 30.3 Å². The number of aromatic amines is 1. The van der Waals surface area contributed by atoms with E-state index in [2.05, 4.69) is 15.2 Å². The third kappa shape index (κ3) is 3.86. The van der Waals surface area contributed by atoms with Crippen molar-refractivity contribution in [1.82, 2.24) is 15.2 Å². The van der Waals surface area contributed by atoms with Gasteiger partial charge in [-0.2, -0.15) is 0 Å². The van der Waals surface area contributed by atoms with Crippen LogP contribution in [0.2, 0.25) is 0 Å². The maximum atomic E-state index is 11.6. The van der Waals surface area contributed by atoms with E-state index in [9.17, 15) is 18.5 Å². The molecule has 0 aliphatic carbocycles. The largest absolute Gasteiger partial charge is 0.284 e. The predicted molar refractivity (Wildman–Crippen MR) is 92.1 cm³/mol. The van der Waals surface area contributed by atoms with Gasteiger partial charge in [0.1, 0.15) is 0 Å². The van der Waals surface area contributed by atoms with Gasteiger partial charge in [0, 0.05) is 17.9 Å². The molecule has 0 saturated carbocycles. The average Bonchev–Trinajstić information content (AvgIpc) is 3.03. The Labute approximate surface area is 147 Å². The molecule has 1 heterocycles. The van der Waals surface area contributed by atoms with E-state index in [1.165, 1.54) is 12.1 Å². The first-order valence-electron chi connectivity index (χ1n) is 6.99. The molecule has 0 aliphatic heterocycles. The lowest BCUT2D eigenvalue weighted by Crippen LogP contribution is -1.99. The van der Waals surface area contributed by atoms with E-state index in [1.807, 2.05) is 30.3 Å². The standard InChI is InChI=1S/C15H12N4O4S2/c1-25(22,23)11-7-8-13(12(9-11)19(20)21)24-15-16-14(17-18-15)10-5-3-2-4-6-10/h2-9H,1H3,(H,16,17,18). The van der Waals surface area contributed by atoms with Crippen molar-refractivity contribution < 1.29 is 13.3 Å². The number of rotatable bonds is 5. The van der Waals surface area contributed by atoms with Crippen LogP contribution in [0.5, 0.6) is 0 Å². The summed E-state index contributed by atoms with van der Waals surface area (Å²) in [4.78, 5) is 15.1. The highest BCUT2D eigenvalue weighted by Crippen LogP contribution is 2.35. The van der Waals surface area contributed by atoms with Crippen LogP contribution in [-0.2, 0) is 9.84 Å². The van der Waals surface area contributed by atoms with Crippen molar-refractivity contribution in [1.29, 1.82) is 0 Å². The highest BCUT2D eigenvalue weighted by molar-refractivity contribution is 7.99. The summed E-state index contributed by atoms with van der Waals surface area (Å²) in [5, 5.41) is 18.4. The molecular weight excluding hydrogens is 364 g/mol. The fourth-order valence-corrected chi connectivity index (χ4v) is 3.51. The molecular formula is C15H12N4O4S2. The van der Waals surface area contributed by atoms with Crippen LogP contribution < -0.4 is 0 Å². The van der Waals surface area contributed by atoms with Crippen molar-refractivity contribution in [3.63, 3.8) is 0 Å². The van der Waals surface area contributed by atoms with Gasteiger partial charge in [-0.25, -0.2) is 13.4 Å². The number of sulfone groups is 1. The molecule has 0 saturated heterocycles. The normalized spacial score (nSPS) is 11.4. The number of aromatic nitrogens is 3. The van der Waals surface area contributed by atoms with Crippen LogP contribution in [0.4, 0.5) is 5.69 Å². The molecule has 0 fully saturated rings. The molecule has 3 rings (SSSR count). The Bertz CT molecular complexity index is 1030. The van der Waals surface area contributed by atoms with Crippen molar-refractivity contribution in [3.05, 3.63) is 58.6 Å². The van der Waals surface area contributed by atoms with E-state index in [0.717, 1.165) is 29.6 Å². The molecule has 0 amide bonds. The molecule has 0 bridgehead atoms. The lowest BCUT2D eigenvalue weighted by Gasteiger charge is -2.02. The molecule has 1 N–H and O–H groups in total. The van der Waals surface area contributed by atoms with Crippen LogP contribution >= 0.6 is 11.8 Å². The summed E-state index contributed by atoms with van der Waals surface area (Å²) in [5.41, 5.74) is 0.530. The van der Waals surface area contributed by atoms with Crippen molar-refractivity contribution >= 4 is 27.3 Å². The van der Waals surface area contributed by atoms with E-state index in [4.69, 9.17) is 0 Å². The second-order valence-corrected chi connectivity index (χ2v) is 8.12. The van der Waals surface area contributed by atoms with Gasteiger partial charge in [0.15, 0.2) is 15.7 Å². The van der Waals surface area contributed by atoms with Gasteiger partial charge in [-0.15, -0.1) is 5.10 Å². The predicted octanol–water partition coefficient (Wildman–Crippen LogP) is 2.93. The second-order valence-electron chi connectivity index (χ2n) is 5.09. The molecule has 1 aromatic heterocycles. The zero-order valence-corrected chi connectivity index (χ0v) is 14.5. The minimum Gasteiger partial charge on any atom is -0.258 e. The lowest BCUT2D eigenvalue weighted by atomic mass is 10.2. The maximum absolute atomic E-state index is 11.6. The van der Waals surface area contributed by atoms with Gasteiger partial charge < -0.3 is 0 Å². The maximum Gasteiger partial charge on any atom is 0.284 e. The summed E-state index contributed by atoms with van der Waals surface area (Å²) in [6.07, 6.45) is 1.00. The topological polar surface area (TPSA) is 119 Å². The molecule has 2 aromatic carbocycles. The minimum absolute atomic E-state index is 0.108. The molecule has 10 heteroatoms. The smallest absolute Gasteiger partial charge is 0.258 e. The first-order valence-corrected chi connectivity index (χ1v) is 9.69. The van der Waals surface area contributed by atoms with E-state index in [0.29, 0.717) is 11.0 Å². The Morgan fingerprint density at radius 1 is 1.16 bits per heavy atom. The van der Waals surface area contributed by atoms with Crippen LogP contribution in [0.25, 0.3) is 11.4 Å². The molecule has 0 aliphatic rings. The zero-order chi connectivity index (χ0) is 18.0. The molecule has 128 valence electrons. The number of nitrogens with one attached hydrogen (secondary N) is 1. The Morgan fingerprint density at radius 2 is 1.88 bits per heavy atom. The Hall–Kier alpha value is -2.72. The third-order valence-electron chi connectivity index (χ3n) is 3.27. The SMILES string of the molecule is CS(=O)(=O)c1ccc(Sc2n[nH]c(-c3ccccc3)n2)c([N+](=O)[O-])c1. The molecule has 0 unspecified atom stereocenters. The second kappa shape index (κ2) is 6.65. The third-order valence-corrected chi connectivity index (χ3v) is 5.31. The fourth-order valence-electron chi connectivity index (χ4n) is 2.07. The van der Waals surface area contributed by atoms with Crippen molar-refractivity contribution in [2.24, 2.45) is 0 Å². The molecule has 0 atom stereocenters. The summed E-state index contributed by atoms with van der Waals surface area (Å²) >= 11 is 0.987. The molecule has 25 heavy (non-hydrogen) atoms. The van der Waals surface area contributed by atoms with Crippen LogP contribution in [0.3, 0.4) is 0 Å². The quantitative estimate of drug-likeness (QED) is 0.537. The van der Waals surface area contributed by atoms with Crippen molar-refractivity contribution in [2.75, 3.05) is 6.26 Å². The van der Waals surface area contributed by atoms with Crippen molar-refractivity contribution in [3.8, 4) is 11.4 Å². The van der Waals surface area contributed by atoms with Gasteiger partial charge in [-0.3, -0.25) is 15.2 Å². The van der Waals surface area contributed by atoms with E-state index in [1.54, 1.807) is 0 Å². The van der Waals surface area contributed by atoms with Crippen molar-refractivity contribution in [2.45, 2.75) is 14.9 Å². The highest BCUT2D eigenvalue weighted by atomic mass is 32.2.